The summed E-state index contributed by atoms with van der Waals surface area (Å²) in [6, 6.07) is 5.38. The Kier molecular flexibility index (Phi) is 3.71. The van der Waals surface area contributed by atoms with Gasteiger partial charge in [-0.05, 0) is 30.0 Å². The quantitative estimate of drug-likeness (QED) is 0.925. The van der Waals surface area contributed by atoms with Crippen molar-refractivity contribution in [1.82, 2.24) is 14.8 Å². The summed E-state index contributed by atoms with van der Waals surface area (Å²) >= 11 is 0. The molecule has 0 saturated heterocycles. The minimum Gasteiger partial charge on any atom is -0.493 e. The number of hydrogen-bond acceptors (Lipinski definition) is 6. The number of carbonyl (C=O) groups is 1. The molecule has 4 rings (SSSR count). The average Bonchev–Trinajstić information content (AvgIpc) is 3.07. The first-order valence-corrected chi connectivity index (χ1v) is 8.27. The molecule has 130 valence electrons. The van der Waals surface area contributed by atoms with Gasteiger partial charge in [0.2, 0.25) is 5.95 Å². The smallest absolute Gasteiger partial charge is 0.226 e. The average molecular weight is 340 g/mol. The van der Waals surface area contributed by atoms with Crippen molar-refractivity contribution in [1.29, 1.82) is 0 Å². The number of rotatable bonds is 3. The molecule has 0 unspecified atom stereocenters. The van der Waals surface area contributed by atoms with E-state index in [-0.39, 0.29) is 11.8 Å². The summed E-state index contributed by atoms with van der Waals surface area (Å²) in [6.07, 6.45) is 2.88. The Hall–Kier alpha value is -2.83. The Balaban J connectivity index is 1.88. The van der Waals surface area contributed by atoms with Gasteiger partial charge in [0.05, 0.1) is 14.2 Å². The third kappa shape index (κ3) is 2.47. The number of ketones is 1. The van der Waals surface area contributed by atoms with Crippen molar-refractivity contribution in [2.24, 2.45) is 5.92 Å². The summed E-state index contributed by atoms with van der Waals surface area (Å²) in [4.78, 5) is 17.1. The zero-order chi connectivity index (χ0) is 17.6. The van der Waals surface area contributed by atoms with Gasteiger partial charge in [-0.3, -0.25) is 4.79 Å². The topological polar surface area (TPSA) is 78.3 Å². The number of benzene rings is 1. The maximum Gasteiger partial charge on any atom is 0.226 e. The van der Waals surface area contributed by atoms with E-state index in [9.17, 15) is 4.79 Å². The van der Waals surface area contributed by atoms with Crippen molar-refractivity contribution in [3.05, 3.63) is 41.4 Å². The fourth-order valence-electron chi connectivity index (χ4n) is 3.68. The fraction of sp³-hybridized carbons (Fsp3) is 0.389. The van der Waals surface area contributed by atoms with Crippen molar-refractivity contribution in [3.63, 3.8) is 0 Å². The van der Waals surface area contributed by atoms with Gasteiger partial charge in [0.25, 0.3) is 0 Å². The number of methoxy groups -OCH3 is 2. The van der Waals surface area contributed by atoms with Crippen molar-refractivity contribution >= 4 is 11.7 Å². The van der Waals surface area contributed by atoms with Crippen LogP contribution in [0.2, 0.25) is 0 Å². The molecule has 25 heavy (non-hydrogen) atoms. The van der Waals surface area contributed by atoms with Gasteiger partial charge in [0, 0.05) is 17.7 Å². The van der Waals surface area contributed by atoms with Crippen LogP contribution in [0.4, 0.5) is 5.95 Å². The van der Waals surface area contributed by atoms with Crippen LogP contribution in [0, 0.1) is 5.92 Å². The summed E-state index contributed by atoms with van der Waals surface area (Å²) in [5, 5.41) is 7.62. The highest BCUT2D eigenvalue weighted by Crippen LogP contribution is 2.42. The molecule has 1 aromatic heterocycles. The second-order valence-electron chi connectivity index (χ2n) is 6.50. The van der Waals surface area contributed by atoms with Gasteiger partial charge >= 0.3 is 0 Å². The van der Waals surface area contributed by atoms with E-state index < -0.39 is 0 Å². The molecule has 0 fully saturated rings. The monoisotopic (exact) mass is 340 g/mol. The first-order chi connectivity index (χ1) is 12.1. The van der Waals surface area contributed by atoms with E-state index in [1.807, 2.05) is 18.2 Å². The number of anilines is 1. The number of carbonyl (C=O) groups excluding carboxylic acids is 1. The zero-order valence-corrected chi connectivity index (χ0v) is 14.4. The van der Waals surface area contributed by atoms with Crippen LogP contribution in [-0.4, -0.2) is 34.8 Å². The number of aromatic nitrogens is 3. The number of nitrogens with one attached hydrogen (secondary N) is 1. The van der Waals surface area contributed by atoms with Crippen LogP contribution in [0.5, 0.6) is 11.5 Å². The molecule has 0 amide bonds. The highest BCUT2D eigenvalue weighted by atomic mass is 16.5. The molecule has 0 radical (unpaired) electrons. The number of nitrogens with zero attached hydrogens (tertiary/aromatic N) is 3. The molecule has 2 aromatic rings. The molecule has 2 aliphatic rings. The molecule has 0 bridgehead atoms. The van der Waals surface area contributed by atoms with Crippen molar-refractivity contribution in [3.8, 4) is 11.5 Å². The summed E-state index contributed by atoms with van der Waals surface area (Å²) in [5.74, 6) is 2.40. The Morgan fingerprint density at radius 3 is 2.76 bits per heavy atom. The molecule has 2 heterocycles. The van der Waals surface area contributed by atoms with Gasteiger partial charge in [0.15, 0.2) is 17.3 Å². The predicted molar refractivity (Wildman–Crippen MR) is 91.8 cm³/mol. The van der Waals surface area contributed by atoms with Gasteiger partial charge < -0.3 is 14.8 Å². The number of Topliss-reactive ketones (excluding diaryl/α,β-unsaturated/α-hetero) is 1. The maximum atomic E-state index is 12.8. The Labute approximate surface area is 145 Å². The summed E-state index contributed by atoms with van der Waals surface area (Å²) in [7, 11) is 3.20. The van der Waals surface area contributed by atoms with E-state index in [0.717, 1.165) is 23.3 Å². The van der Waals surface area contributed by atoms with Crippen molar-refractivity contribution in [2.75, 3.05) is 19.5 Å². The lowest BCUT2D eigenvalue weighted by Gasteiger charge is -2.34. The molecular formula is C18H20N4O3. The summed E-state index contributed by atoms with van der Waals surface area (Å²) in [5.41, 5.74) is 2.63. The molecule has 1 aliphatic heterocycles. The molecule has 1 aromatic carbocycles. The Morgan fingerprint density at radius 1 is 1.20 bits per heavy atom. The third-order valence-electron chi connectivity index (χ3n) is 4.79. The zero-order valence-electron chi connectivity index (χ0n) is 14.4. The largest absolute Gasteiger partial charge is 0.493 e. The number of ether oxygens (including phenoxy) is 2. The standard InChI is InChI=1S/C18H20N4O3/c1-10-6-12-16(13(23)7-10)17(22-18(21-12)19-9-20-22)11-4-5-14(24-2)15(8-11)25-3/h4-5,8-10,17H,6-7H2,1-3H3,(H,19,20,21)/t10-,17+/m0/s1. The highest BCUT2D eigenvalue weighted by Gasteiger charge is 2.38. The first kappa shape index (κ1) is 15.7. The third-order valence-corrected chi connectivity index (χ3v) is 4.79. The van der Waals surface area contributed by atoms with Crippen LogP contribution in [0.3, 0.4) is 0 Å². The predicted octanol–water partition coefficient (Wildman–Crippen LogP) is 2.56. The van der Waals surface area contributed by atoms with E-state index in [1.165, 1.54) is 6.33 Å². The van der Waals surface area contributed by atoms with E-state index >= 15 is 0 Å². The highest BCUT2D eigenvalue weighted by molar-refractivity contribution is 5.99. The van der Waals surface area contributed by atoms with E-state index in [1.54, 1.807) is 18.9 Å². The van der Waals surface area contributed by atoms with Gasteiger partial charge in [0.1, 0.15) is 12.4 Å². The minimum absolute atomic E-state index is 0.155. The van der Waals surface area contributed by atoms with Crippen LogP contribution < -0.4 is 14.8 Å². The van der Waals surface area contributed by atoms with Crippen LogP contribution in [0.15, 0.2) is 35.8 Å². The van der Waals surface area contributed by atoms with Gasteiger partial charge in [-0.2, -0.15) is 10.1 Å². The van der Waals surface area contributed by atoms with Gasteiger partial charge in [-0.1, -0.05) is 13.0 Å². The Morgan fingerprint density at radius 2 is 2.00 bits per heavy atom. The van der Waals surface area contributed by atoms with Crippen LogP contribution >= 0.6 is 0 Å². The minimum atomic E-state index is -0.312. The molecular weight excluding hydrogens is 320 g/mol. The molecule has 7 heteroatoms. The summed E-state index contributed by atoms with van der Waals surface area (Å²) < 4.78 is 12.5. The SMILES string of the molecule is COc1ccc([C@@H]2C3=C(C[C@H](C)CC3=O)Nc3ncnn32)cc1OC. The van der Waals surface area contributed by atoms with E-state index in [0.29, 0.717) is 29.8 Å². The van der Waals surface area contributed by atoms with E-state index in [2.05, 4.69) is 22.3 Å². The molecule has 0 saturated carbocycles. The lowest BCUT2D eigenvalue weighted by Crippen LogP contribution is -2.33. The van der Waals surface area contributed by atoms with Crippen LogP contribution in [-0.2, 0) is 4.79 Å². The molecule has 7 nitrogen and oxygen atoms in total. The number of hydrogen-bond donors (Lipinski definition) is 1. The Bertz CT molecular complexity index is 871. The molecule has 1 N–H and O–H groups in total. The number of fused-ring (bicyclic) bond motifs is 1. The van der Waals surface area contributed by atoms with Crippen LogP contribution in [0.25, 0.3) is 0 Å². The molecule has 2 atom stereocenters. The number of allylic oxidation sites excluding steroid dienone is 2. The maximum absolute atomic E-state index is 12.8. The fourth-order valence-corrected chi connectivity index (χ4v) is 3.68. The first-order valence-electron chi connectivity index (χ1n) is 8.27. The van der Waals surface area contributed by atoms with E-state index in [4.69, 9.17) is 9.47 Å². The second-order valence-corrected chi connectivity index (χ2v) is 6.50. The van der Waals surface area contributed by atoms with Crippen molar-refractivity contribution < 1.29 is 14.3 Å². The lowest BCUT2D eigenvalue weighted by molar-refractivity contribution is -0.117. The summed E-state index contributed by atoms with van der Waals surface area (Å²) in [6.45, 7) is 2.09. The van der Waals surface area contributed by atoms with Crippen LogP contribution in [0.1, 0.15) is 31.4 Å². The van der Waals surface area contributed by atoms with Gasteiger partial charge in [-0.15, -0.1) is 0 Å². The normalized spacial score (nSPS) is 22.1. The second kappa shape index (κ2) is 5.91. The molecule has 0 spiro atoms. The molecule has 1 aliphatic carbocycles. The van der Waals surface area contributed by atoms with Crippen molar-refractivity contribution in [2.45, 2.75) is 25.8 Å². The lowest BCUT2D eigenvalue weighted by atomic mass is 9.81. The van der Waals surface area contributed by atoms with Gasteiger partial charge in [-0.25, -0.2) is 4.68 Å².